The van der Waals surface area contributed by atoms with Crippen molar-refractivity contribution in [2.75, 3.05) is 6.54 Å². The zero-order valence-electron chi connectivity index (χ0n) is 24.1. The number of allylic oxidation sites excluding steroid dienone is 2. The van der Waals surface area contributed by atoms with Gasteiger partial charge in [0, 0.05) is 0 Å². The highest BCUT2D eigenvalue weighted by Gasteiger charge is 2.69. The van der Waals surface area contributed by atoms with Crippen molar-refractivity contribution in [2.45, 2.75) is 119 Å². The molecule has 8 atom stereocenters. The Bertz CT molecular complexity index is 1000. The van der Waals surface area contributed by atoms with Crippen molar-refractivity contribution in [1.29, 1.82) is 0 Å². The van der Waals surface area contributed by atoms with Crippen molar-refractivity contribution in [3.05, 3.63) is 11.6 Å². The van der Waals surface area contributed by atoms with Crippen LogP contribution < -0.4 is 5.32 Å². The fraction of sp³-hybridized carbons (Fsp3) is 0.848. The molecule has 36 heavy (non-hydrogen) atoms. The van der Waals surface area contributed by atoms with Crippen LogP contribution in [-0.2, 0) is 4.79 Å². The first-order valence-electron chi connectivity index (χ1n) is 14.8. The Kier molecular flexibility index (Phi) is 5.94. The van der Waals surface area contributed by atoms with E-state index in [0.717, 1.165) is 51.4 Å². The highest BCUT2D eigenvalue weighted by molar-refractivity contribution is 5.84. The highest BCUT2D eigenvalue weighted by Crippen LogP contribution is 2.75. The third-order valence-electron chi connectivity index (χ3n) is 13.4. The lowest BCUT2D eigenvalue weighted by Crippen LogP contribution is -2.65. The van der Waals surface area contributed by atoms with Gasteiger partial charge in [0.05, 0.1) is 18.1 Å². The molecule has 3 nitrogen and oxygen atoms in total. The van der Waals surface area contributed by atoms with Crippen LogP contribution in [-0.4, -0.2) is 23.7 Å². The second-order valence-electron chi connectivity index (χ2n) is 15.6. The first-order valence-corrected chi connectivity index (χ1v) is 14.8. The lowest BCUT2D eigenvalue weighted by Gasteiger charge is -2.71. The van der Waals surface area contributed by atoms with Gasteiger partial charge in [0.2, 0.25) is 5.91 Å². The zero-order chi connectivity index (χ0) is 26.4. The molecule has 0 aliphatic heterocycles. The second-order valence-corrected chi connectivity index (χ2v) is 15.6. The highest BCUT2D eigenvalue weighted by atomic mass is 16.3. The minimum Gasteiger partial charge on any atom is -0.393 e. The van der Waals surface area contributed by atoms with Gasteiger partial charge in [-0.05, 0) is 109 Å². The Morgan fingerprint density at radius 3 is 2.39 bits per heavy atom. The van der Waals surface area contributed by atoms with Crippen LogP contribution in [0.1, 0.15) is 113 Å². The quantitative estimate of drug-likeness (QED) is 0.325. The number of carbonyl (C=O) groups excluding carboxylic acids is 1. The molecule has 0 bridgehead atoms. The molecule has 5 rings (SSSR count). The van der Waals surface area contributed by atoms with E-state index in [-0.39, 0.29) is 44.5 Å². The summed E-state index contributed by atoms with van der Waals surface area (Å²) in [7, 11) is 0. The van der Waals surface area contributed by atoms with Gasteiger partial charge in [-0.25, -0.2) is 0 Å². The molecule has 5 aliphatic carbocycles. The van der Waals surface area contributed by atoms with Crippen LogP contribution in [0.5, 0.6) is 0 Å². The van der Waals surface area contributed by atoms with Crippen LogP contribution in [0.15, 0.2) is 11.6 Å². The van der Waals surface area contributed by atoms with Gasteiger partial charge in [-0.2, -0.15) is 0 Å². The summed E-state index contributed by atoms with van der Waals surface area (Å²) in [6.07, 6.45) is 18.8. The Balaban J connectivity index is 1.58. The molecule has 4 saturated carbocycles. The summed E-state index contributed by atoms with van der Waals surface area (Å²) in [5.74, 6) is 4.34. The predicted octanol–water partition coefficient (Wildman–Crippen LogP) is 6.90. The van der Waals surface area contributed by atoms with Crippen molar-refractivity contribution in [2.24, 2.45) is 50.2 Å². The van der Waals surface area contributed by atoms with Crippen LogP contribution in [0, 0.1) is 62.6 Å². The zero-order valence-corrected chi connectivity index (χ0v) is 24.1. The standard InChI is InChI=1S/C33H51NO2/c1-9-20-34-27(36)33-18-16-28(2,3)21-23(33)22-10-11-25-30(6)14-13-26(35)29(4,5)24(30)12-15-32(25,8)31(22,7)17-19-33/h1,10,23-26,35H,11-21H2,2-8H3,(H,34,36)/t23-,24-,25+,26-,30-,31+,32+,33-/m0/s1. The van der Waals surface area contributed by atoms with Crippen LogP contribution >= 0.6 is 0 Å². The van der Waals surface area contributed by atoms with Gasteiger partial charge < -0.3 is 10.4 Å². The molecule has 0 unspecified atom stereocenters. The third-order valence-corrected chi connectivity index (χ3v) is 13.4. The molecule has 5 aliphatic rings. The van der Waals surface area contributed by atoms with Crippen molar-refractivity contribution in [1.82, 2.24) is 5.32 Å². The Morgan fingerprint density at radius 2 is 1.69 bits per heavy atom. The molecular weight excluding hydrogens is 442 g/mol. The van der Waals surface area contributed by atoms with E-state index in [1.54, 1.807) is 5.57 Å². The van der Waals surface area contributed by atoms with Gasteiger partial charge in [-0.15, -0.1) is 6.42 Å². The van der Waals surface area contributed by atoms with E-state index in [9.17, 15) is 9.90 Å². The lowest BCUT2D eigenvalue weighted by atomic mass is 9.33. The Hall–Kier alpha value is -1.27. The van der Waals surface area contributed by atoms with Crippen LogP contribution in [0.2, 0.25) is 0 Å². The monoisotopic (exact) mass is 493 g/mol. The number of rotatable bonds is 2. The molecule has 0 aromatic heterocycles. The minimum atomic E-state index is -0.307. The summed E-state index contributed by atoms with van der Waals surface area (Å²) < 4.78 is 0. The largest absolute Gasteiger partial charge is 0.393 e. The number of carbonyl (C=O) groups is 1. The molecule has 0 saturated heterocycles. The van der Waals surface area contributed by atoms with Gasteiger partial charge in [-0.3, -0.25) is 4.79 Å². The summed E-state index contributed by atoms with van der Waals surface area (Å²) in [5, 5.41) is 14.1. The van der Waals surface area contributed by atoms with Gasteiger partial charge in [-0.1, -0.05) is 66.0 Å². The van der Waals surface area contributed by atoms with Crippen molar-refractivity contribution in [3.8, 4) is 12.3 Å². The number of amides is 1. The first-order chi connectivity index (χ1) is 16.7. The first kappa shape index (κ1) is 26.3. The summed E-state index contributed by atoms with van der Waals surface area (Å²) in [6.45, 7) is 17.5. The molecule has 0 aromatic rings. The molecular formula is C33H51NO2. The third kappa shape index (κ3) is 3.31. The lowest BCUT2D eigenvalue weighted by molar-refractivity contribution is -0.203. The average Bonchev–Trinajstić information content (AvgIpc) is 2.80. The molecule has 0 aromatic carbocycles. The van der Waals surface area contributed by atoms with E-state index in [1.807, 2.05) is 0 Å². The average molecular weight is 494 g/mol. The maximum absolute atomic E-state index is 13.7. The van der Waals surface area contributed by atoms with Crippen molar-refractivity contribution in [3.63, 3.8) is 0 Å². The van der Waals surface area contributed by atoms with Crippen molar-refractivity contribution < 1.29 is 9.90 Å². The van der Waals surface area contributed by atoms with Crippen LogP contribution in [0.25, 0.3) is 0 Å². The van der Waals surface area contributed by atoms with E-state index >= 15 is 0 Å². The smallest absolute Gasteiger partial charge is 0.227 e. The number of nitrogens with one attached hydrogen (secondary N) is 1. The maximum Gasteiger partial charge on any atom is 0.227 e. The molecule has 0 heterocycles. The van der Waals surface area contributed by atoms with Gasteiger partial charge in [0.15, 0.2) is 0 Å². The van der Waals surface area contributed by atoms with Crippen LogP contribution in [0.3, 0.4) is 0 Å². The molecule has 3 heteroatoms. The summed E-state index contributed by atoms with van der Waals surface area (Å²) in [6, 6.07) is 0. The summed E-state index contributed by atoms with van der Waals surface area (Å²) in [4.78, 5) is 13.7. The summed E-state index contributed by atoms with van der Waals surface area (Å²) in [5.41, 5.74) is 2.13. The van der Waals surface area contributed by atoms with Gasteiger partial charge >= 0.3 is 0 Å². The number of aliphatic hydroxyl groups is 1. The van der Waals surface area contributed by atoms with Crippen LogP contribution in [0.4, 0.5) is 0 Å². The molecule has 2 N–H and O–H groups in total. The van der Waals surface area contributed by atoms with E-state index in [4.69, 9.17) is 6.42 Å². The summed E-state index contributed by atoms with van der Waals surface area (Å²) >= 11 is 0. The van der Waals surface area contributed by atoms with E-state index in [2.05, 4.69) is 65.8 Å². The van der Waals surface area contributed by atoms with Gasteiger partial charge in [0.25, 0.3) is 0 Å². The SMILES string of the molecule is C#CCNC(=O)[C@]12CCC(C)(C)C[C@H]1C1=CC[C@@H]3[C@@]4(C)CC[C@H](O)C(C)(C)[C@@H]4CC[C@@]3(C)[C@]1(C)CC2. The number of aliphatic hydroxyl groups excluding tert-OH is 1. The maximum atomic E-state index is 13.7. The second kappa shape index (κ2) is 8.11. The Morgan fingerprint density at radius 1 is 1.00 bits per heavy atom. The fourth-order valence-corrected chi connectivity index (χ4v) is 10.9. The van der Waals surface area contributed by atoms with E-state index in [1.165, 1.54) is 12.8 Å². The van der Waals surface area contributed by atoms with E-state index in [0.29, 0.717) is 24.3 Å². The molecule has 4 fully saturated rings. The Labute approximate surface area is 220 Å². The normalized spacial score (nSPS) is 48.7. The minimum absolute atomic E-state index is 0.0244. The predicted molar refractivity (Wildman–Crippen MR) is 147 cm³/mol. The topological polar surface area (TPSA) is 49.3 Å². The number of hydrogen-bond acceptors (Lipinski definition) is 2. The molecule has 1 amide bonds. The van der Waals surface area contributed by atoms with Crippen molar-refractivity contribution >= 4 is 5.91 Å². The molecule has 200 valence electrons. The number of terminal acetylenes is 1. The van der Waals surface area contributed by atoms with E-state index < -0.39 is 0 Å². The fourth-order valence-electron chi connectivity index (χ4n) is 10.9. The number of hydrogen-bond donors (Lipinski definition) is 2. The molecule has 0 radical (unpaired) electrons. The molecule has 0 spiro atoms. The number of fused-ring (bicyclic) bond motifs is 7. The van der Waals surface area contributed by atoms with Gasteiger partial charge in [0.1, 0.15) is 0 Å².